The normalized spacial score (nSPS) is 19.3. The van der Waals surface area contributed by atoms with Gasteiger partial charge < -0.3 is 16.3 Å². The lowest BCUT2D eigenvalue weighted by atomic mass is 9.95. The van der Waals surface area contributed by atoms with Gasteiger partial charge in [-0.3, -0.25) is 4.79 Å². The van der Waals surface area contributed by atoms with Crippen molar-refractivity contribution in [1.82, 2.24) is 5.32 Å². The second kappa shape index (κ2) is 6.61. The molecule has 0 bridgehead atoms. The quantitative estimate of drug-likeness (QED) is 0.236. The molecule has 4 N–H and O–H groups in total. The maximum atomic E-state index is 12.0. The molecule has 5 nitrogen and oxygen atoms in total. The number of oxime groups is 1. The Morgan fingerprint density at radius 3 is 2.39 bits per heavy atom. The van der Waals surface area contributed by atoms with Crippen molar-refractivity contribution in [2.75, 3.05) is 0 Å². The molecule has 1 saturated carbocycles. The molecule has 1 rings (SSSR count). The van der Waals surface area contributed by atoms with E-state index in [2.05, 4.69) is 10.5 Å². The van der Waals surface area contributed by atoms with Crippen molar-refractivity contribution in [3.8, 4) is 0 Å². The molecular formula is C13H25N3O2. The van der Waals surface area contributed by atoms with Gasteiger partial charge in [-0.25, -0.2) is 0 Å². The van der Waals surface area contributed by atoms with Crippen LogP contribution in [-0.2, 0) is 4.79 Å². The Kier molecular flexibility index (Phi) is 5.44. The molecule has 5 heteroatoms. The number of nitrogens with one attached hydrogen (secondary N) is 1. The Labute approximate surface area is 109 Å². The number of carbonyl (C=O) groups excluding carboxylic acids is 1. The van der Waals surface area contributed by atoms with Gasteiger partial charge in [0.05, 0.1) is 5.54 Å². The van der Waals surface area contributed by atoms with E-state index in [0.29, 0.717) is 12.3 Å². The van der Waals surface area contributed by atoms with Crippen molar-refractivity contribution in [3.63, 3.8) is 0 Å². The fourth-order valence-corrected chi connectivity index (χ4v) is 2.42. The van der Waals surface area contributed by atoms with Crippen LogP contribution >= 0.6 is 0 Å². The summed E-state index contributed by atoms with van der Waals surface area (Å²) in [5.41, 5.74) is 4.75. The minimum Gasteiger partial charge on any atom is -0.409 e. The van der Waals surface area contributed by atoms with E-state index in [1.165, 1.54) is 25.7 Å². The first-order chi connectivity index (χ1) is 8.45. The van der Waals surface area contributed by atoms with Gasteiger partial charge in [0.2, 0.25) is 5.91 Å². The van der Waals surface area contributed by atoms with Crippen LogP contribution in [0.5, 0.6) is 0 Å². The maximum Gasteiger partial charge on any atom is 0.221 e. The first kappa shape index (κ1) is 14.8. The van der Waals surface area contributed by atoms with Crippen molar-refractivity contribution < 1.29 is 10.0 Å². The molecule has 0 atom stereocenters. The molecule has 1 aliphatic rings. The molecule has 18 heavy (non-hydrogen) atoms. The van der Waals surface area contributed by atoms with Crippen molar-refractivity contribution in [2.45, 2.75) is 64.3 Å². The third-order valence-corrected chi connectivity index (χ3v) is 3.65. The minimum atomic E-state index is -0.795. The van der Waals surface area contributed by atoms with Gasteiger partial charge >= 0.3 is 0 Å². The average Bonchev–Trinajstić information content (AvgIpc) is 2.55. The van der Waals surface area contributed by atoms with Gasteiger partial charge in [0.15, 0.2) is 5.84 Å². The summed E-state index contributed by atoms with van der Waals surface area (Å²) in [6, 6.07) is 0. The second-order valence-corrected chi connectivity index (χ2v) is 5.72. The molecule has 0 aromatic heterocycles. The van der Waals surface area contributed by atoms with E-state index in [4.69, 9.17) is 10.9 Å². The molecule has 0 heterocycles. The highest BCUT2D eigenvalue weighted by atomic mass is 16.4. The Bertz CT molecular complexity index is 305. The van der Waals surface area contributed by atoms with E-state index in [0.717, 1.165) is 12.8 Å². The Morgan fingerprint density at radius 1 is 1.33 bits per heavy atom. The summed E-state index contributed by atoms with van der Waals surface area (Å²) in [7, 11) is 0. The van der Waals surface area contributed by atoms with Crippen molar-refractivity contribution in [1.29, 1.82) is 0 Å². The third kappa shape index (κ3) is 4.55. The highest BCUT2D eigenvalue weighted by Crippen LogP contribution is 2.25. The molecule has 0 radical (unpaired) electrons. The van der Waals surface area contributed by atoms with E-state index < -0.39 is 5.54 Å². The summed E-state index contributed by atoms with van der Waals surface area (Å²) in [5.74, 6) is 0.491. The predicted octanol–water partition coefficient (Wildman–Crippen LogP) is 1.99. The molecule has 0 saturated heterocycles. The molecule has 104 valence electrons. The zero-order valence-corrected chi connectivity index (χ0v) is 11.4. The summed E-state index contributed by atoms with van der Waals surface area (Å²) in [5, 5.41) is 14.4. The van der Waals surface area contributed by atoms with Crippen molar-refractivity contribution >= 4 is 11.7 Å². The van der Waals surface area contributed by atoms with Crippen LogP contribution in [0.15, 0.2) is 5.16 Å². The molecule has 0 aromatic carbocycles. The van der Waals surface area contributed by atoms with Crippen molar-refractivity contribution in [2.24, 2.45) is 16.8 Å². The second-order valence-electron chi connectivity index (χ2n) is 5.72. The zero-order chi connectivity index (χ0) is 13.6. The Morgan fingerprint density at radius 2 is 1.89 bits per heavy atom. The maximum absolute atomic E-state index is 12.0. The SMILES string of the molecule is CC(C)(NC(=O)CC1CCCCCC1)C(N)=NO. The smallest absolute Gasteiger partial charge is 0.221 e. The van der Waals surface area contributed by atoms with Crippen LogP contribution in [0.3, 0.4) is 0 Å². The number of hydrogen-bond donors (Lipinski definition) is 3. The van der Waals surface area contributed by atoms with Crippen LogP contribution < -0.4 is 11.1 Å². The largest absolute Gasteiger partial charge is 0.409 e. The standard InChI is InChI=1S/C13H25N3O2/c1-13(2,12(14)16-18)15-11(17)9-10-7-5-3-4-6-8-10/h10,18H,3-9H2,1-2H3,(H2,14,16)(H,15,17). The summed E-state index contributed by atoms with van der Waals surface area (Å²) in [4.78, 5) is 12.0. The van der Waals surface area contributed by atoms with Gasteiger partial charge in [-0.2, -0.15) is 0 Å². The average molecular weight is 255 g/mol. The van der Waals surface area contributed by atoms with Crippen LogP contribution in [0.4, 0.5) is 0 Å². The number of rotatable bonds is 4. The van der Waals surface area contributed by atoms with Crippen LogP contribution in [0.1, 0.15) is 58.8 Å². The molecule has 1 aliphatic carbocycles. The third-order valence-electron chi connectivity index (χ3n) is 3.65. The van der Waals surface area contributed by atoms with Gasteiger partial charge in [-0.1, -0.05) is 30.8 Å². The van der Waals surface area contributed by atoms with Gasteiger partial charge in [0, 0.05) is 6.42 Å². The van der Waals surface area contributed by atoms with Gasteiger partial charge in [-0.05, 0) is 32.6 Å². The molecular weight excluding hydrogens is 230 g/mol. The summed E-state index contributed by atoms with van der Waals surface area (Å²) in [6.45, 7) is 3.46. The van der Waals surface area contributed by atoms with E-state index in [1.54, 1.807) is 13.8 Å². The van der Waals surface area contributed by atoms with Gasteiger partial charge in [-0.15, -0.1) is 0 Å². The lowest BCUT2D eigenvalue weighted by Crippen LogP contribution is -2.53. The molecule has 1 amide bonds. The lowest BCUT2D eigenvalue weighted by molar-refractivity contribution is -0.123. The van der Waals surface area contributed by atoms with E-state index >= 15 is 0 Å². The Balaban J connectivity index is 2.45. The number of nitrogens with zero attached hydrogens (tertiary/aromatic N) is 1. The summed E-state index contributed by atoms with van der Waals surface area (Å²) >= 11 is 0. The molecule has 1 fully saturated rings. The van der Waals surface area contributed by atoms with Crippen LogP contribution in [0, 0.1) is 5.92 Å². The zero-order valence-electron chi connectivity index (χ0n) is 11.4. The number of nitrogens with two attached hydrogens (primary N) is 1. The fraction of sp³-hybridized carbons (Fsp3) is 0.846. The number of hydrogen-bond acceptors (Lipinski definition) is 3. The number of amidine groups is 1. The number of amides is 1. The molecule has 0 unspecified atom stereocenters. The van der Waals surface area contributed by atoms with E-state index in [9.17, 15) is 4.79 Å². The monoisotopic (exact) mass is 255 g/mol. The van der Waals surface area contributed by atoms with Gasteiger partial charge in [0.1, 0.15) is 0 Å². The van der Waals surface area contributed by atoms with Crippen molar-refractivity contribution in [3.05, 3.63) is 0 Å². The van der Waals surface area contributed by atoms with Gasteiger partial charge in [0.25, 0.3) is 0 Å². The molecule has 0 spiro atoms. The highest BCUT2D eigenvalue weighted by molar-refractivity contribution is 5.93. The summed E-state index contributed by atoms with van der Waals surface area (Å²) in [6.07, 6.45) is 7.83. The first-order valence-corrected chi connectivity index (χ1v) is 6.74. The molecule has 0 aliphatic heterocycles. The topological polar surface area (TPSA) is 87.7 Å². The fourth-order valence-electron chi connectivity index (χ4n) is 2.42. The first-order valence-electron chi connectivity index (χ1n) is 6.74. The lowest BCUT2D eigenvalue weighted by Gasteiger charge is -2.25. The van der Waals surface area contributed by atoms with Crippen LogP contribution in [0.25, 0.3) is 0 Å². The van der Waals surface area contributed by atoms with Crippen LogP contribution in [0.2, 0.25) is 0 Å². The summed E-state index contributed by atoms with van der Waals surface area (Å²) < 4.78 is 0. The van der Waals surface area contributed by atoms with E-state index in [-0.39, 0.29) is 11.7 Å². The minimum absolute atomic E-state index is 0.0153. The molecule has 0 aromatic rings. The van der Waals surface area contributed by atoms with E-state index in [1.807, 2.05) is 0 Å². The number of carbonyl (C=O) groups is 1. The Hall–Kier alpha value is -1.26. The predicted molar refractivity (Wildman–Crippen MR) is 71.4 cm³/mol. The highest BCUT2D eigenvalue weighted by Gasteiger charge is 2.26. The van der Waals surface area contributed by atoms with Crippen LogP contribution in [-0.4, -0.2) is 22.5 Å².